The van der Waals surface area contributed by atoms with Crippen molar-refractivity contribution in [1.29, 1.82) is 0 Å². The number of halogens is 1. The molecule has 2 aliphatic rings. The molecule has 2 unspecified atom stereocenters. The lowest BCUT2D eigenvalue weighted by atomic mass is 9.80. The number of hydrogen-bond acceptors (Lipinski definition) is 2. The van der Waals surface area contributed by atoms with Crippen molar-refractivity contribution in [3.05, 3.63) is 0 Å². The maximum atomic E-state index is 12.4. The van der Waals surface area contributed by atoms with E-state index in [2.05, 4.69) is 24.5 Å². The van der Waals surface area contributed by atoms with Crippen molar-refractivity contribution >= 4 is 18.3 Å². The molecule has 2 N–H and O–H groups in total. The molecule has 19 heavy (non-hydrogen) atoms. The molecule has 0 spiro atoms. The summed E-state index contributed by atoms with van der Waals surface area (Å²) in [6, 6.07) is 0.344. The number of piperidine rings is 1. The molecule has 1 heterocycles. The van der Waals surface area contributed by atoms with Gasteiger partial charge < -0.3 is 10.6 Å². The molecule has 2 atom stereocenters. The Morgan fingerprint density at radius 2 is 1.95 bits per heavy atom. The third kappa shape index (κ3) is 4.35. The van der Waals surface area contributed by atoms with Crippen LogP contribution in [0.5, 0.6) is 0 Å². The van der Waals surface area contributed by atoms with Crippen LogP contribution in [-0.4, -0.2) is 25.0 Å². The number of carbonyl (C=O) groups excluding carboxylic acids is 1. The highest BCUT2D eigenvalue weighted by molar-refractivity contribution is 5.85. The normalized spacial score (nSPS) is 30.2. The Labute approximate surface area is 123 Å². The molecule has 4 heteroatoms. The third-order valence-corrected chi connectivity index (χ3v) is 4.86. The molecule has 1 aliphatic carbocycles. The fraction of sp³-hybridized carbons (Fsp3) is 0.933. The molecule has 3 nitrogen and oxygen atoms in total. The van der Waals surface area contributed by atoms with Crippen molar-refractivity contribution in [1.82, 2.24) is 10.6 Å². The smallest absolute Gasteiger partial charge is 0.227 e. The van der Waals surface area contributed by atoms with Gasteiger partial charge in [0, 0.05) is 12.6 Å². The van der Waals surface area contributed by atoms with E-state index in [0.717, 1.165) is 25.9 Å². The van der Waals surface area contributed by atoms with E-state index in [1.807, 2.05) is 0 Å². The van der Waals surface area contributed by atoms with Crippen molar-refractivity contribution in [2.75, 3.05) is 13.1 Å². The van der Waals surface area contributed by atoms with E-state index < -0.39 is 0 Å². The first kappa shape index (κ1) is 16.8. The van der Waals surface area contributed by atoms with Crippen LogP contribution in [0.25, 0.3) is 0 Å². The van der Waals surface area contributed by atoms with Crippen LogP contribution in [0, 0.1) is 11.3 Å². The van der Waals surface area contributed by atoms with E-state index >= 15 is 0 Å². The summed E-state index contributed by atoms with van der Waals surface area (Å²) in [7, 11) is 0. The Bertz CT molecular complexity index is 284. The largest absolute Gasteiger partial charge is 0.353 e. The second-order valence-corrected chi connectivity index (χ2v) is 6.50. The van der Waals surface area contributed by atoms with Crippen molar-refractivity contribution in [3.8, 4) is 0 Å². The summed E-state index contributed by atoms with van der Waals surface area (Å²) < 4.78 is 0. The minimum Gasteiger partial charge on any atom is -0.353 e. The Balaban J connectivity index is 0.00000180. The predicted molar refractivity (Wildman–Crippen MR) is 81.6 cm³/mol. The van der Waals surface area contributed by atoms with Crippen LogP contribution in [-0.2, 0) is 4.79 Å². The van der Waals surface area contributed by atoms with Crippen molar-refractivity contribution in [2.24, 2.45) is 11.3 Å². The zero-order valence-electron chi connectivity index (χ0n) is 12.3. The molecule has 0 radical (unpaired) electrons. The van der Waals surface area contributed by atoms with Gasteiger partial charge in [-0.05, 0) is 52.0 Å². The topological polar surface area (TPSA) is 41.1 Å². The number of hydrogen-bond donors (Lipinski definition) is 2. The summed E-state index contributed by atoms with van der Waals surface area (Å²) in [4.78, 5) is 12.4. The molecule has 0 aromatic carbocycles. The zero-order valence-corrected chi connectivity index (χ0v) is 13.2. The maximum absolute atomic E-state index is 12.4. The van der Waals surface area contributed by atoms with Crippen LogP contribution < -0.4 is 10.6 Å². The highest BCUT2D eigenvalue weighted by atomic mass is 35.5. The first-order valence-corrected chi connectivity index (χ1v) is 7.63. The molecule has 2 fully saturated rings. The maximum Gasteiger partial charge on any atom is 0.227 e. The summed E-state index contributed by atoms with van der Waals surface area (Å²) in [6.07, 6.45) is 8.75. The van der Waals surface area contributed by atoms with E-state index in [1.54, 1.807) is 0 Å². The van der Waals surface area contributed by atoms with Crippen LogP contribution in [0.15, 0.2) is 0 Å². The van der Waals surface area contributed by atoms with Crippen LogP contribution in [0.3, 0.4) is 0 Å². The van der Waals surface area contributed by atoms with Crippen LogP contribution in [0.1, 0.15) is 58.8 Å². The lowest BCUT2D eigenvalue weighted by Gasteiger charge is -2.36. The molecule has 1 amide bonds. The van der Waals surface area contributed by atoms with E-state index in [9.17, 15) is 4.79 Å². The van der Waals surface area contributed by atoms with Gasteiger partial charge in [-0.1, -0.05) is 19.3 Å². The van der Waals surface area contributed by atoms with Gasteiger partial charge in [-0.2, -0.15) is 0 Å². The van der Waals surface area contributed by atoms with Gasteiger partial charge in [0.15, 0.2) is 0 Å². The highest BCUT2D eigenvalue weighted by Crippen LogP contribution is 2.29. The SMILES string of the molecule is CC(NC(=O)C1(C)CCCNC1)C1CCCCC1.Cl. The Hall–Kier alpha value is -0.280. The second-order valence-electron chi connectivity index (χ2n) is 6.50. The average Bonchev–Trinajstić information content (AvgIpc) is 2.40. The molecule has 1 saturated carbocycles. The third-order valence-electron chi connectivity index (χ3n) is 4.86. The molecule has 1 saturated heterocycles. The van der Waals surface area contributed by atoms with E-state index in [0.29, 0.717) is 12.0 Å². The van der Waals surface area contributed by atoms with Crippen molar-refractivity contribution < 1.29 is 4.79 Å². The molecule has 0 aromatic rings. The van der Waals surface area contributed by atoms with Gasteiger partial charge in [-0.3, -0.25) is 4.79 Å². The van der Waals surface area contributed by atoms with Gasteiger partial charge in [-0.15, -0.1) is 12.4 Å². The molecular formula is C15H29ClN2O. The van der Waals surface area contributed by atoms with Gasteiger partial charge in [-0.25, -0.2) is 0 Å². The summed E-state index contributed by atoms with van der Waals surface area (Å²) >= 11 is 0. The zero-order chi connectivity index (χ0) is 13.0. The minimum atomic E-state index is -0.193. The molecule has 112 valence electrons. The fourth-order valence-electron chi connectivity index (χ4n) is 3.38. The predicted octanol–water partition coefficient (Wildman–Crippen LogP) is 2.88. The quantitative estimate of drug-likeness (QED) is 0.838. The van der Waals surface area contributed by atoms with Gasteiger partial charge in [0.1, 0.15) is 0 Å². The Morgan fingerprint density at radius 1 is 1.26 bits per heavy atom. The summed E-state index contributed by atoms with van der Waals surface area (Å²) in [6.45, 7) is 6.17. The van der Waals surface area contributed by atoms with E-state index in [1.165, 1.54) is 32.1 Å². The van der Waals surface area contributed by atoms with Crippen molar-refractivity contribution in [3.63, 3.8) is 0 Å². The van der Waals surface area contributed by atoms with Gasteiger partial charge >= 0.3 is 0 Å². The number of rotatable bonds is 3. The average molecular weight is 289 g/mol. The summed E-state index contributed by atoms with van der Waals surface area (Å²) in [5, 5.41) is 6.63. The lowest BCUT2D eigenvalue weighted by Crippen LogP contribution is -2.52. The molecular weight excluding hydrogens is 260 g/mol. The Kier molecular flexibility index (Phi) is 6.61. The van der Waals surface area contributed by atoms with E-state index in [-0.39, 0.29) is 23.7 Å². The minimum absolute atomic E-state index is 0. The molecule has 0 aromatic heterocycles. The van der Waals surface area contributed by atoms with Gasteiger partial charge in [0.05, 0.1) is 5.41 Å². The standard InChI is InChI=1S/C15H28N2O.ClH/c1-12(13-7-4-3-5-8-13)17-14(18)15(2)9-6-10-16-11-15;/h12-13,16H,3-11H2,1-2H3,(H,17,18);1H. The second kappa shape index (κ2) is 7.49. The first-order valence-electron chi connectivity index (χ1n) is 7.63. The first-order chi connectivity index (χ1) is 8.62. The summed E-state index contributed by atoms with van der Waals surface area (Å²) in [5.74, 6) is 0.954. The summed E-state index contributed by atoms with van der Waals surface area (Å²) in [5.41, 5.74) is -0.193. The molecule has 2 rings (SSSR count). The van der Waals surface area contributed by atoms with E-state index in [4.69, 9.17) is 0 Å². The van der Waals surface area contributed by atoms with Crippen molar-refractivity contribution in [2.45, 2.75) is 64.8 Å². The fourth-order valence-corrected chi connectivity index (χ4v) is 3.38. The highest BCUT2D eigenvalue weighted by Gasteiger charge is 2.36. The van der Waals surface area contributed by atoms with Crippen LogP contribution in [0.4, 0.5) is 0 Å². The number of nitrogens with one attached hydrogen (secondary N) is 2. The monoisotopic (exact) mass is 288 g/mol. The van der Waals surface area contributed by atoms with Crippen LogP contribution in [0.2, 0.25) is 0 Å². The van der Waals surface area contributed by atoms with Gasteiger partial charge in [0.2, 0.25) is 5.91 Å². The van der Waals surface area contributed by atoms with Gasteiger partial charge in [0.25, 0.3) is 0 Å². The van der Waals surface area contributed by atoms with Crippen LogP contribution >= 0.6 is 12.4 Å². The Morgan fingerprint density at radius 3 is 2.53 bits per heavy atom. The molecule has 0 bridgehead atoms. The number of amides is 1. The lowest BCUT2D eigenvalue weighted by molar-refractivity contribution is -0.132. The number of carbonyl (C=O) groups is 1. The molecule has 1 aliphatic heterocycles.